The van der Waals surface area contributed by atoms with Crippen LogP contribution in [0.5, 0.6) is 0 Å². The number of halogens is 2. The molecular weight excluding hydrogens is 227 g/mol. The van der Waals surface area contributed by atoms with Crippen LogP contribution in [0.15, 0.2) is 12.3 Å². The zero-order chi connectivity index (χ0) is 11.4. The van der Waals surface area contributed by atoms with Gasteiger partial charge in [-0.3, -0.25) is 0 Å². The highest BCUT2D eigenvalue weighted by Gasteiger charge is 2.14. The predicted octanol–water partition coefficient (Wildman–Crippen LogP) is 3.34. The number of nitrogens with zero attached hydrogens (tertiary/aromatic N) is 2. The Hall–Kier alpha value is -0.830. The second kappa shape index (κ2) is 5.48. The number of hydrogen-bond acceptors (Lipinski definition) is 2. The molecule has 0 amide bonds. The van der Waals surface area contributed by atoms with Crippen LogP contribution < -0.4 is 4.90 Å². The van der Waals surface area contributed by atoms with E-state index in [9.17, 15) is 4.39 Å². The summed E-state index contributed by atoms with van der Waals surface area (Å²) in [6, 6.07) is 1.49. The molecule has 2 heterocycles. The Labute approximate surface area is 100 Å². The molecule has 1 aromatic rings. The van der Waals surface area contributed by atoms with Gasteiger partial charge in [0.25, 0.3) is 0 Å². The molecular formula is C12H16ClFN2. The lowest BCUT2D eigenvalue weighted by atomic mass is 10.2. The second-order valence-electron chi connectivity index (χ2n) is 4.17. The lowest BCUT2D eigenvalue weighted by Crippen LogP contribution is -2.26. The molecule has 1 saturated heterocycles. The van der Waals surface area contributed by atoms with Gasteiger partial charge < -0.3 is 4.90 Å². The largest absolute Gasteiger partial charge is 0.356 e. The molecule has 1 aliphatic rings. The number of rotatable bonds is 2. The highest BCUT2D eigenvalue weighted by Crippen LogP contribution is 2.23. The maximum atomic E-state index is 13.0. The molecule has 0 radical (unpaired) electrons. The average Bonchev–Trinajstić information content (AvgIpc) is 2.57. The zero-order valence-corrected chi connectivity index (χ0v) is 10.0. The van der Waals surface area contributed by atoms with Gasteiger partial charge in [-0.2, -0.15) is 0 Å². The maximum absolute atomic E-state index is 13.0. The number of anilines is 1. The lowest BCUT2D eigenvalue weighted by Gasteiger charge is -2.23. The van der Waals surface area contributed by atoms with Crippen molar-refractivity contribution < 1.29 is 4.39 Å². The maximum Gasteiger partial charge on any atom is 0.141 e. The first-order valence-corrected chi connectivity index (χ1v) is 6.30. The zero-order valence-electron chi connectivity index (χ0n) is 9.25. The molecule has 2 rings (SSSR count). The highest BCUT2D eigenvalue weighted by molar-refractivity contribution is 6.17. The van der Waals surface area contributed by atoms with Gasteiger partial charge in [0.15, 0.2) is 0 Å². The Bertz CT molecular complexity index is 349. The molecule has 0 aromatic carbocycles. The normalized spacial score (nSPS) is 17.2. The molecule has 4 heteroatoms. The Balaban J connectivity index is 2.23. The summed E-state index contributed by atoms with van der Waals surface area (Å²) in [6.07, 6.45) is 6.18. The Morgan fingerprint density at radius 3 is 2.56 bits per heavy atom. The molecule has 88 valence electrons. The van der Waals surface area contributed by atoms with Gasteiger partial charge in [0, 0.05) is 18.7 Å². The first-order chi connectivity index (χ1) is 7.81. The summed E-state index contributed by atoms with van der Waals surface area (Å²) in [5.41, 5.74) is 0.795. The van der Waals surface area contributed by atoms with E-state index in [-0.39, 0.29) is 5.82 Å². The summed E-state index contributed by atoms with van der Waals surface area (Å²) in [6.45, 7) is 2.01. The second-order valence-corrected chi connectivity index (χ2v) is 4.44. The Morgan fingerprint density at radius 2 is 1.94 bits per heavy atom. The summed E-state index contributed by atoms with van der Waals surface area (Å²) < 4.78 is 13.0. The van der Waals surface area contributed by atoms with Crippen LogP contribution in [0.2, 0.25) is 0 Å². The van der Waals surface area contributed by atoms with Gasteiger partial charge in [0.2, 0.25) is 0 Å². The number of hydrogen-bond donors (Lipinski definition) is 0. The lowest BCUT2D eigenvalue weighted by molar-refractivity contribution is 0.618. The van der Waals surface area contributed by atoms with Crippen molar-refractivity contribution in [1.29, 1.82) is 0 Å². The van der Waals surface area contributed by atoms with Crippen LogP contribution in [0.3, 0.4) is 0 Å². The number of aromatic nitrogens is 1. The van der Waals surface area contributed by atoms with Crippen LogP contribution in [0, 0.1) is 5.82 Å². The van der Waals surface area contributed by atoms with E-state index in [1.54, 1.807) is 0 Å². The molecule has 0 bridgehead atoms. The van der Waals surface area contributed by atoms with Crippen molar-refractivity contribution in [3.8, 4) is 0 Å². The minimum absolute atomic E-state index is 0.311. The minimum Gasteiger partial charge on any atom is -0.356 e. The van der Waals surface area contributed by atoms with E-state index in [0.29, 0.717) is 5.88 Å². The van der Waals surface area contributed by atoms with Crippen LogP contribution in [-0.2, 0) is 5.88 Å². The van der Waals surface area contributed by atoms with Crippen molar-refractivity contribution in [1.82, 2.24) is 4.98 Å². The third kappa shape index (κ3) is 2.64. The van der Waals surface area contributed by atoms with Crippen LogP contribution in [0.1, 0.15) is 31.2 Å². The standard InChI is InChI=1S/C12H16ClFN2/c13-8-10-7-11(14)9-15-12(10)16-5-3-1-2-4-6-16/h7,9H,1-6,8H2. The number of alkyl halides is 1. The van der Waals surface area contributed by atoms with E-state index in [1.807, 2.05) is 0 Å². The summed E-state index contributed by atoms with van der Waals surface area (Å²) in [5.74, 6) is 0.865. The molecule has 0 atom stereocenters. The fraction of sp³-hybridized carbons (Fsp3) is 0.583. The molecule has 0 N–H and O–H groups in total. The van der Waals surface area contributed by atoms with E-state index in [4.69, 9.17) is 11.6 Å². The van der Waals surface area contributed by atoms with E-state index in [0.717, 1.165) is 24.5 Å². The summed E-state index contributed by atoms with van der Waals surface area (Å²) in [7, 11) is 0. The molecule has 2 nitrogen and oxygen atoms in total. The van der Waals surface area contributed by atoms with Gasteiger partial charge in [-0.15, -0.1) is 11.6 Å². The topological polar surface area (TPSA) is 16.1 Å². The Kier molecular flexibility index (Phi) is 3.99. The quantitative estimate of drug-likeness (QED) is 0.740. The first kappa shape index (κ1) is 11.6. The van der Waals surface area contributed by atoms with Crippen molar-refractivity contribution in [2.45, 2.75) is 31.6 Å². The van der Waals surface area contributed by atoms with Crippen molar-refractivity contribution in [3.05, 3.63) is 23.6 Å². The SMILES string of the molecule is Fc1cnc(N2CCCCCC2)c(CCl)c1. The van der Waals surface area contributed by atoms with Crippen LogP contribution in [0.4, 0.5) is 10.2 Å². The smallest absolute Gasteiger partial charge is 0.141 e. The van der Waals surface area contributed by atoms with Crippen LogP contribution in [-0.4, -0.2) is 18.1 Å². The number of pyridine rings is 1. The van der Waals surface area contributed by atoms with Crippen molar-refractivity contribution in [2.24, 2.45) is 0 Å². The molecule has 0 spiro atoms. The summed E-state index contributed by atoms with van der Waals surface area (Å²) >= 11 is 5.83. The van der Waals surface area contributed by atoms with Crippen molar-refractivity contribution >= 4 is 17.4 Å². The molecule has 0 unspecified atom stereocenters. The van der Waals surface area contributed by atoms with Gasteiger partial charge in [0.05, 0.1) is 12.1 Å². The summed E-state index contributed by atoms with van der Waals surface area (Å²) in [5, 5.41) is 0. The minimum atomic E-state index is -0.311. The fourth-order valence-corrected chi connectivity index (χ4v) is 2.34. The van der Waals surface area contributed by atoms with Gasteiger partial charge in [-0.25, -0.2) is 9.37 Å². The van der Waals surface area contributed by atoms with E-state index in [2.05, 4.69) is 9.88 Å². The van der Waals surface area contributed by atoms with Gasteiger partial charge >= 0.3 is 0 Å². The molecule has 0 aliphatic carbocycles. The molecule has 16 heavy (non-hydrogen) atoms. The fourth-order valence-electron chi connectivity index (χ4n) is 2.14. The molecule has 1 aromatic heterocycles. The van der Waals surface area contributed by atoms with Crippen molar-refractivity contribution in [3.63, 3.8) is 0 Å². The monoisotopic (exact) mass is 242 g/mol. The summed E-state index contributed by atoms with van der Waals surface area (Å²) in [4.78, 5) is 6.41. The van der Waals surface area contributed by atoms with E-state index < -0.39 is 0 Å². The molecule has 1 aliphatic heterocycles. The van der Waals surface area contributed by atoms with Crippen LogP contribution >= 0.6 is 11.6 Å². The third-order valence-corrected chi connectivity index (χ3v) is 3.25. The van der Waals surface area contributed by atoms with E-state index in [1.165, 1.54) is 37.9 Å². The van der Waals surface area contributed by atoms with Crippen LogP contribution in [0.25, 0.3) is 0 Å². The highest BCUT2D eigenvalue weighted by atomic mass is 35.5. The molecule has 0 saturated carbocycles. The average molecular weight is 243 g/mol. The van der Waals surface area contributed by atoms with Gasteiger partial charge in [-0.1, -0.05) is 12.8 Å². The van der Waals surface area contributed by atoms with Crippen molar-refractivity contribution in [2.75, 3.05) is 18.0 Å². The third-order valence-electron chi connectivity index (χ3n) is 2.96. The Morgan fingerprint density at radius 1 is 1.25 bits per heavy atom. The predicted molar refractivity (Wildman–Crippen MR) is 64.4 cm³/mol. The van der Waals surface area contributed by atoms with Gasteiger partial charge in [0.1, 0.15) is 11.6 Å². The van der Waals surface area contributed by atoms with Gasteiger partial charge in [-0.05, 0) is 18.9 Å². The first-order valence-electron chi connectivity index (χ1n) is 5.76. The van der Waals surface area contributed by atoms with E-state index >= 15 is 0 Å². The molecule has 1 fully saturated rings.